The Morgan fingerprint density at radius 3 is 2.68 bits per heavy atom. The first-order chi connectivity index (χ1) is 10.3. The second kappa shape index (κ2) is 7.92. The number of carbonyl (C=O) groups excluding carboxylic acids is 2. The van der Waals surface area contributed by atoms with Crippen LogP contribution in [0.2, 0.25) is 0 Å². The number of hydrogen-bond donors (Lipinski definition) is 1. The number of nitro groups is 1. The molecular formula is C15H19N3O4. The Bertz CT molecular complexity index is 596. The van der Waals surface area contributed by atoms with Gasteiger partial charge in [0.25, 0.3) is 5.69 Å². The molecule has 0 fully saturated rings. The second-order valence-corrected chi connectivity index (χ2v) is 5.10. The molecule has 7 heteroatoms. The highest BCUT2D eigenvalue weighted by molar-refractivity contribution is 5.94. The third-order valence-corrected chi connectivity index (χ3v) is 2.71. The predicted molar refractivity (Wildman–Crippen MR) is 83.0 cm³/mol. The number of amides is 2. The van der Waals surface area contributed by atoms with Crippen LogP contribution >= 0.6 is 0 Å². The number of non-ortho nitro benzene ring substituents is 1. The number of nitrogens with zero attached hydrogens (tertiary/aromatic N) is 2. The zero-order valence-electron chi connectivity index (χ0n) is 12.8. The molecule has 22 heavy (non-hydrogen) atoms. The van der Waals surface area contributed by atoms with Gasteiger partial charge in [0.2, 0.25) is 11.8 Å². The van der Waals surface area contributed by atoms with Crippen LogP contribution in [0.25, 0.3) is 6.08 Å². The van der Waals surface area contributed by atoms with Crippen LogP contribution in [0.4, 0.5) is 5.69 Å². The molecule has 0 saturated carbocycles. The molecule has 1 aromatic rings. The van der Waals surface area contributed by atoms with E-state index in [4.69, 9.17) is 0 Å². The number of rotatable bonds is 6. The lowest BCUT2D eigenvalue weighted by Gasteiger charge is -2.16. The van der Waals surface area contributed by atoms with E-state index in [-0.39, 0.29) is 30.1 Å². The fraction of sp³-hybridized carbons (Fsp3) is 0.333. The van der Waals surface area contributed by atoms with E-state index in [1.807, 2.05) is 13.8 Å². The Hall–Kier alpha value is -2.70. The van der Waals surface area contributed by atoms with E-state index in [2.05, 4.69) is 5.32 Å². The van der Waals surface area contributed by atoms with Crippen LogP contribution in [0.15, 0.2) is 30.3 Å². The SMILES string of the molecule is CC(C)NC(=O)CN(C)C(=O)/C=C/c1cccc([N+](=O)[O-])c1. The van der Waals surface area contributed by atoms with Gasteiger partial charge in [-0.25, -0.2) is 0 Å². The largest absolute Gasteiger partial charge is 0.352 e. The fourth-order valence-corrected chi connectivity index (χ4v) is 1.70. The summed E-state index contributed by atoms with van der Waals surface area (Å²) in [5.74, 6) is -0.597. The van der Waals surface area contributed by atoms with Gasteiger partial charge in [-0.15, -0.1) is 0 Å². The maximum atomic E-state index is 11.9. The molecule has 2 amide bonds. The first-order valence-electron chi connectivity index (χ1n) is 6.76. The average Bonchev–Trinajstić information content (AvgIpc) is 2.43. The zero-order valence-corrected chi connectivity index (χ0v) is 12.8. The van der Waals surface area contributed by atoms with Gasteiger partial charge in [0.1, 0.15) is 0 Å². The van der Waals surface area contributed by atoms with E-state index in [9.17, 15) is 19.7 Å². The van der Waals surface area contributed by atoms with E-state index in [0.717, 1.165) is 0 Å². The smallest absolute Gasteiger partial charge is 0.270 e. The van der Waals surface area contributed by atoms with Crippen molar-refractivity contribution in [3.8, 4) is 0 Å². The van der Waals surface area contributed by atoms with Crippen molar-refractivity contribution in [2.24, 2.45) is 0 Å². The van der Waals surface area contributed by atoms with Crippen LogP contribution < -0.4 is 5.32 Å². The normalized spacial score (nSPS) is 10.7. The van der Waals surface area contributed by atoms with E-state index < -0.39 is 4.92 Å². The average molecular weight is 305 g/mol. The number of carbonyl (C=O) groups is 2. The van der Waals surface area contributed by atoms with Crippen molar-refractivity contribution in [1.29, 1.82) is 0 Å². The molecule has 0 aromatic heterocycles. The summed E-state index contributed by atoms with van der Waals surface area (Å²) < 4.78 is 0. The minimum absolute atomic E-state index is 0.0106. The standard InChI is InChI=1S/C15H19N3O4/c1-11(2)16-14(19)10-17(3)15(20)8-7-12-5-4-6-13(9-12)18(21)22/h4-9,11H,10H2,1-3H3,(H,16,19)/b8-7+. The van der Waals surface area contributed by atoms with Crippen molar-refractivity contribution < 1.29 is 14.5 Å². The van der Waals surface area contributed by atoms with Gasteiger partial charge in [-0.05, 0) is 25.5 Å². The first-order valence-corrected chi connectivity index (χ1v) is 6.76. The Morgan fingerprint density at radius 2 is 2.09 bits per heavy atom. The highest BCUT2D eigenvalue weighted by Gasteiger charge is 2.11. The van der Waals surface area contributed by atoms with Gasteiger partial charge in [-0.3, -0.25) is 19.7 Å². The molecule has 0 aliphatic heterocycles. The molecule has 1 aromatic carbocycles. The summed E-state index contributed by atoms with van der Waals surface area (Å²) in [4.78, 5) is 34.9. The molecule has 0 aliphatic carbocycles. The molecule has 0 atom stereocenters. The molecule has 7 nitrogen and oxygen atoms in total. The Morgan fingerprint density at radius 1 is 1.41 bits per heavy atom. The summed E-state index contributed by atoms with van der Waals surface area (Å²) in [7, 11) is 1.51. The molecule has 0 unspecified atom stereocenters. The van der Waals surface area contributed by atoms with Gasteiger partial charge in [0, 0.05) is 31.3 Å². The predicted octanol–water partition coefficient (Wildman–Crippen LogP) is 1.59. The molecule has 0 heterocycles. The maximum absolute atomic E-state index is 11.9. The highest BCUT2D eigenvalue weighted by atomic mass is 16.6. The topological polar surface area (TPSA) is 92.6 Å². The fourth-order valence-electron chi connectivity index (χ4n) is 1.70. The van der Waals surface area contributed by atoms with Crippen LogP contribution in [0, 0.1) is 10.1 Å². The quantitative estimate of drug-likeness (QED) is 0.491. The Labute approximate surface area is 128 Å². The summed E-state index contributed by atoms with van der Waals surface area (Å²) in [5, 5.41) is 13.4. The lowest BCUT2D eigenvalue weighted by atomic mass is 10.2. The van der Waals surface area contributed by atoms with E-state index >= 15 is 0 Å². The van der Waals surface area contributed by atoms with Crippen LogP contribution in [-0.4, -0.2) is 41.3 Å². The van der Waals surface area contributed by atoms with Crippen molar-refractivity contribution in [3.05, 3.63) is 46.0 Å². The molecule has 0 bridgehead atoms. The summed E-state index contributed by atoms with van der Waals surface area (Å²) in [6.07, 6.45) is 2.76. The molecule has 118 valence electrons. The lowest BCUT2D eigenvalue weighted by molar-refractivity contribution is -0.384. The van der Waals surface area contributed by atoms with Crippen molar-refractivity contribution in [2.75, 3.05) is 13.6 Å². The van der Waals surface area contributed by atoms with Crippen molar-refractivity contribution >= 4 is 23.6 Å². The minimum Gasteiger partial charge on any atom is -0.352 e. The van der Waals surface area contributed by atoms with E-state index in [0.29, 0.717) is 5.56 Å². The maximum Gasteiger partial charge on any atom is 0.270 e. The van der Waals surface area contributed by atoms with Gasteiger partial charge in [0.05, 0.1) is 11.5 Å². The molecule has 0 spiro atoms. The van der Waals surface area contributed by atoms with Gasteiger partial charge >= 0.3 is 0 Å². The first kappa shape index (κ1) is 17.4. The van der Waals surface area contributed by atoms with Crippen LogP contribution in [0.3, 0.4) is 0 Å². The van der Waals surface area contributed by atoms with Crippen molar-refractivity contribution in [3.63, 3.8) is 0 Å². The van der Waals surface area contributed by atoms with E-state index in [1.54, 1.807) is 12.1 Å². The van der Waals surface area contributed by atoms with Gasteiger partial charge in [0.15, 0.2) is 0 Å². The molecule has 0 saturated heterocycles. The second-order valence-electron chi connectivity index (χ2n) is 5.10. The Balaban J connectivity index is 2.65. The van der Waals surface area contributed by atoms with Crippen LogP contribution in [0.1, 0.15) is 19.4 Å². The lowest BCUT2D eigenvalue weighted by Crippen LogP contribution is -2.40. The number of hydrogen-bond acceptors (Lipinski definition) is 4. The monoisotopic (exact) mass is 305 g/mol. The van der Waals surface area contributed by atoms with Crippen LogP contribution in [0.5, 0.6) is 0 Å². The summed E-state index contributed by atoms with van der Waals surface area (Å²) in [6.45, 7) is 3.63. The van der Waals surface area contributed by atoms with Crippen LogP contribution in [-0.2, 0) is 9.59 Å². The Kier molecular flexibility index (Phi) is 6.25. The minimum atomic E-state index is -0.498. The highest BCUT2D eigenvalue weighted by Crippen LogP contribution is 2.14. The van der Waals surface area contributed by atoms with Crippen molar-refractivity contribution in [2.45, 2.75) is 19.9 Å². The third-order valence-electron chi connectivity index (χ3n) is 2.71. The molecule has 0 aliphatic rings. The number of likely N-dealkylation sites (N-methyl/N-ethyl adjacent to an activating group) is 1. The number of nitro benzene ring substituents is 1. The summed E-state index contributed by atoms with van der Waals surface area (Å²) in [5.41, 5.74) is 0.502. The van der Waals surface area contributed by atoms with Gasteiger partial charge in [-0.2, -0.15) is 0 Å². The molecule has 0 radical (unpaired) electrons. The zero-order chi connectivity index (χ0) is 16.7. The number of benzene rings is 1. The molecular weight excluding hydrogens is 286 g/mol. The summed E-state index contributed by atoms with van der Waals surface area (Å²) in [6, 6.07) is 5.96. The molecule has 1 rings (SSSR count). The number of nitrogens with one attached hydrogen (secondary N) is 1. The van der Waals surface area contributed by atoms with Gasteiger partial charge < -0.3 is 10.2 Å². The molecule has 1 N–H and O–H groups in total. The summed E-state index contributed by atoms with van der Waals surface area (Å²) >= 11 is 0. The van der Waals surface area contributed by atoms with Crippen molar-refractivity contribution in [1.82, 2.24) is 10.2 Å². The third kappa shape index (κ3) is 5.74. The van der Waals surface area contributed by atoms with E-state index in [1.165, 1.54) is 36.2 Å². The van der Waals surface area contributed by atoms with Gasteiger partial charge in [-0.1, -0.05) is 12.1 Å².